The molecule has 2 N–H and O–H groups in total. The molecule has 0 saturated carbocycles. The molecule has 2 aromatic carbocycles. The van der Waals surface area contributed by atoms with Gasteiger partial charge in [-0.3, -0.25) is 9.69 Å². The number of piperidine rings is 1. The van der Waals surface area contributed by atoms with E-state index in [4.69, 9.17) is 0 Å². The average molecular weight is 461 g/mol. The number of aromatic nitrogens is 2. The summed E-state index contributed by atoms with van der Waals surface area (Å²) in [6, 6.07) is 12.1. The number of aryl methyl sites for hydroxylation is 1. The highest BCUT2D eigenvalue weighted by molar-refractivity contribution is 5.75. The van der Waals surface area contributed by atoms with Gasteiger partial charge in [0.15, 0.2) is 0 Å². The number of ether oxygens (including phenoxy) is 1. The molecule has 1 fully saturated rings. The summed E-state index contributed by atoms with van der Waals surface area (Å²) in [5.41, 5.74) is 3.36. The van der Waals surface area contributed by atoms with Crippen LogP contribution in [0.4, 0.5) is 13.2 Å². The highest BCUT2D eigenvalue weighted by atomic mass is 19.4. The summed E-state index contributed by atoms with van der Waals surface area (Å²) in [5, 5.41) is 9.38. The molecule has 2 heterocycles. The van der Waals surface area contributed by atoms with Crippen LogP contribution < -0.4 is 4.74 Å². The number of hydrogen-bond acceptors (Lipinski definition) is 4. The van der Waals surface area contributed by atoms with Gasteiger partial charge in [0.1, 0.15) is 11.6 Å². The molecule has 0 radical (unpaired) electrons. The summed E-state index contributed by atoms with van der Waals surface area (Å²) in [4.78, 5) is 21.5. The Morgan fingerprint density at radius 2 is 2.03 bits per heavy atom. The molecule has 6 nitrogen and oxygen atoms in total. The number of carbonyl (C=O) groups is 1. The van der Waals surface area contributed by atoms with Crippen molar-refractivity contribution in [3.63, 3.8) is 0 Å². The van der Waals surface area contributed by atoms with E-state index in [1.54, 1.807) is 12.1 Å². The number of H-pyrrole nitrogens is 1. The number of nitrogens with zero attached hydrogens (tertiary/aromatic N) is 2. The number of para-hydroxylation sites is 1. The van der Waals surface area contributed by atoms with Crippen molar-refractivity contribution in [1.82, 2.24) is 14.9 Å². The molecule has 1 aliphatic rings. The third-order valence-electron chi connectivity index (χ3n) is 6.15. The number of halogens is 3. The Kier molecular flexibility index (Phi) is 6.60. The first-order chi connectivity index (χ1) is 15.7. The van der Waals surface area contributed by atoms with Crippen LogP contribution in [0.1, 0.15) is 29.8 Å². The number of aliphatic carboxylic acids is 1. The molecule has 4 rings (SSSR count). The number of aromatic amines is 1. The van der Waals surface area contributed by atoms with E-state index in [1.165, 1.54) is 12.1 Å². The molecule has 33 heavy (non-hydrogen) atoms. The number of rotatable bonds is 7. The zero-order chi connectivity index (χ0) is 23.6. The van der Waals surface area contributed by atoms with Crippen LogP contribution in [-0.2, 0) is 17.8 Å². The minimum Gasteiger partial charge on any atom is -0.481 e. The minimum absolute atomic E-state index is 0.00667. The highest BCUT2D eigenvalue weighted by Gasteiger charge is 2.34. The second-order valence-electron chi connectivity index (χ2n) is 8.71. The lowest BCUT2D eigenvalue weighted by atomic mass is 9.81. The van der Waals surface area contributed by atoms with Crippen LogP contribution in [0.5, 0.6) is 5.75 Å². The molecule has 2 atom stereocenters. The van der Waals surface area contributed by atoms with E-state index in [0.717, 1.165) is 22.4 Å². The number of carboxylic acid groups (broad SMARTS) is 1. The van der Waals surface area contributed by atoms with E-state index in [9.17, 15) is 23.1 Å². The molecular formula is C24H26F3N3O3. The molecule has 1 aromatic heterocycles. The van der Waals surface area contributed by atoms with Crippen LogP contribution in [0.2, 0.25) is 0 Å². The largest absolute Gasteiger partial charge is 0.573 e. The van der Waals surface area contributed by atoms with Crippen molar-refractivity contribution in [3.8, 4) is 5.75 Å². The van der Waals surface area contributed by atoms with Crippen LogP contribution in [0.3, 0.4) is 0 Å². The Labute approximate surface area is 189 Å². The first-order valence-electron chi connectivity index (χ1n) is 10.9. The second kappa shape index (κ2) is 9.43. The smallest absolute Gasteiger partial charge is 0.481 e. The zero-order valence-electron chi connectivity index (χ0n) is 18.2. The Morgan fingerprint density at radius 3 is 2.79 bits per heavy atom. The SMILES string of the molecule is Cc1ccc2nc(C[C@H]3CN(Cc4ccccc4OC(F)(F)F)CC[C@H]3CC(=O)O)[nH]c2c1. The Balaban J connectivity index is 1.51. The predicted molar refractivity (Wildman–Crippen MR) is 117 cm³/mol. The van der Waals surface area contributed by atoms with E-state index >= 15 is 0 Å². The number of fused-ring (bicyclic) bond motifs is 1. The van der Waals surface area contributed by atoms with Gasteiger partial charge in [-0.15, -0.1) is 13.2 Å². The monoisotopic (exact) mass is 461 g/mol. The first kappa shape index (κ1) is 23.1. The van der Waals surface area contributed by atoms with Crippen LogP contribution in [0.15, 0.2) is 42.5 Å². The van der Waals surface area contributed by atoms with E-state index < -0.39 is 12.3 Å². The number of likely N-dealkylation sites (tertiary alicyclic amines) is 1. The number of imidazole rings is 1. The van der Waals surface area contributed by atoms with Crippen molar-refractivity contribution in [2.75, 3.05) is 13.1 Å². The summed E-state index contributed by atoms with van der Waals surface area (Å²) in [6.45, 7) is 3.46. The molecule has 0 amide bonds. The molecule has 1 saturated heterocycles. The Morgan fingerprint density at radius 1 is 1.24 bits per heavy atom. The van der Waals surface area contributed by atoms with Crippen LogP contribution >= 0.6 is 0 Å². The molecule has 0 unspecified atom stereocenters. The fourth-order valence-corrected chi connectivity index (χ4v) is 4.64. The van der Waals surface area contributed by atoms with Crippen LogP contribution in [0.25, 0.3) is 11.0 Å². The number of carboxylic acids is 1. The van der Waals surface area contributed by atoms with Crippen molar-refractivity contribution in [2.45, 2.75) is 39.1 Å². The van der Waals surface area contributed by atoms with Crippen molar-refractivity contribution in [3.05, 3.63) is 59.4 Å². The minimum atomic E-state index is -4.76. The van der Waals surface area contributed by atoms with E-state index in [2.05, 4.69) is 19.6 Å². The van der Waals surface area contributed by atoms with Gasteiger partial charge in [0.2, 0.25) is 0 Å². The summed E-state index contributed by atoms with van der Waals surface area (Å²) in [5.74, 6) is -0.286. The lowest BCUT2D eigenvalue weighted by Gasteiger charge is -2.38. The Bertz CT molecular complexity index is 1130. The van der Waals surface area contributed by atoms with Gasteiger partial charge < -0.3 is 14.8 Å². The lowest BCUT2D eigenvalue weighted by molar-refractivity contribution is -0.275. The van der Waals surface area contributed by atoms with Gasteiger partial charge in [-0.1, -0.05) is 24.3 Å². The predicted octanol–water partition coefficient (Wildman–Crippen LogP) is 4.93. The fraction of sp³-hybridized carbons (Fsp3) is 0.417. The Hall–Kier alpha value is -3.07. The molecule has 1 aliphatic heterocycles. The van der Waals surface area contributed by atoms with Gasteiger partial charge in [-0.05, 0) is 55.5 Å². The summed E-state index contributed by atoms with van der Waals surface area (Å²) < 4.78 is 42.6. The molecule has 3 aromatic rings. The van der Waals surface area contributed by atoms with Gasteiger partial charge in [0.25, 0.3) is 0 Å². The molecule has 0 aliphatic carbocycles. The quantitative estimate of drug-likeness (QED) is 0.522. The van der Waals surface area contributed by atoms with Crippen molar-refractivity contribution in [2.24, 2.45) is 11.8 Å². The third kappa shape index (κ3) is 6.04. The van der Waals surface area contributed by atoms with Gasteiger partial charge in [-0.25, -0.2) is 4.98 Å². The third-order valence-corrected chi connectivity index (χ3v) is 6.15. The highest BCUT2D eigenvalue weighted by Crippen LogP contribution is 2.32. The lowest BCUT2D eigenvalue weighted by Crippen LogP contribution is -2.41. The maximum Gasteiger partial charge on any atom is 0.573 e. The van der Waals surface area contributed by atoms with E-state index in [1.807, 2.05) is 25.1 Å². The van der Waals surface area contributed by atoms with Crippen LogP contribution in [0, 0.1) is 18.8 Å². The maximum atomic E-state index is 12.8. The molecule has 176 valence electrons. The standard InChI is InChI=1S/C24H26F3N3O3/c1-15-6-7-19-20(10-15)29-22(28-19)11-18-14-30(9-8-16(18)12-23(31)32)13-17-4-2-3-5-21(17)33-24(25,26)27/h2-7,10,16,18H,8-9,11-14H2,1H3,(H,28,29)(H,31,32)/t16-,18-/m0/s1. The van der Waals surface area contributed by atoms with Gasteiger partial charge in [0, 0.05) is 31.5 Å². The van der Waals surface area contributed by atoms with Crippen LogP contribution in [-0.4, -0.2) is 45.4 Å². The van der Waals surface area contributed by atoms with Crippen molar-refractivity contribution in [1.29, 1.82) is 0 Å². The number of hydrogen-bond donors (Lipinski definition) is 2. The maximum absolute atomic E-state index is 12.8. The van der Waals surface area contributed by atoms with Gasteiger partial charge >= 0.3 is 12.3 Å². The molecular weight excluding hydrogens is 435 g/mol. The zero-order valence-corrected chi connectivity index (χ0v) is 18.2. The van der Waals surface area contributed by atoms with E-state index in [-0.39, 0.29) is 24.0 Å². The van der Waals surface area contributed by atoms with Gasteiger partial charge in [0.05, 0.1) is 11.0 Å². The van der Waals surface area contributed by atoms with E-state index in [0.29, 0.717) is 38.0 Å². The van der Waals surface area contributed by atoms with Gasteiger partial charge in [-0.2, -0.15) is 0 Å². The second-order valence-corrected chi connectivity index (χ2v) is 8.71. The summed E-state index contributed by atoms with van der Waals surface area (Å²) in [6.07, 6.45) is -3.47. The molecule has 0 spiro atoms. The topological polar surface area (TPSA) is 78.5 Å². The number of benzene rings is 2. The van der Waals surface area contributed by atoms with Crippen molar-refractivity contribution < 1.29 is 27.8 Å². The number of alkyl halides is 3. The number of nitrogens with one attached hydrogen (secondary N) is 1. The van der Waals surface area contributed by atoms with Crippen molar-refractivity contribution >= 4 is 17.0 Å². The summed E-state index contributed by atoms with van der Waals surface area (Å²) >= 11 is 0. The summed E-state index contributed by atoms with van der Waals surface area (Å²) in [7, 11) is 0. The normalized spacial score (nSPS) is 19.6. The fourth-order valence-electron chi connectivity index (χ4n) is 4.64. The average Bonchev–Trinajstić information content (AvgIpc) is 3.11. The molecule has 9 heteroatoms. The molecule has 0 bridgehead atoms. The first-order valence-corrected chi connectivity index (χ1v) is 10.9.